The molecule has 4 rings (SSSR count). The summed E-state index contributed by atoms with van der Waals surface area (Å²) in [5.41, 5.74) is 10.7. The van der Waals surface area contributed by atoms with Crippen molar-refractivity contribution in [1.29, 1.82) is 0 Å². The second kappa shape index (κ2) is 6.78. The lowest BCUT2D eigenvalue weighted by Gasteiger charge is -2.42. The lowest BCUT2D eigenvalue weighted by atomic mass is 9.83. The van der Waals surface area contributed by atoms with E-state index in [1.165, 1.54) is 0 Å². The summed E-state index contributed by atoms with van der Waals surface area (Å²) >= 11 is 0. The number of rotatable bonds is 4. The van der Waals surface area contributed by atoms with Crippen LogP contribution in [0.1, 0.15) is 28.4 Å². The van der Waals surface area contributed by atoms with Crippen LogP contribution in [0.15, 0.2) is 52.4 Å². The Balaban J connectivity index is 1.48. The molecule has 2 atom stereocenters. The molecule has 0 N–H and O–H groups in total. The van der Waals surface area contributed by atoms with E-state index < -0.39 is 0 Å². The molecule has 2 bridgehead atoms. The molecule has 1 saturated heterocycles. The quantitative estimate of drug-likeness (QED) is 0.367. The number of Topliss-reactive ketones (excluding diaryl/α,β-unsaturated/α-hetero) is 1. The van der Waals surface area contributed by atoms with Crippen molar-refractivity contribution < 1.29 is 4.79 Å². The van der Waals surface area contributed by atoms with E-state index in [4.69, 9.17) is 5.53 Å². The Kier molecular flexibility index (Phi) is 4.32. The fraction of sp³-hybridized carbons (Fsp3) is 0.368. The maximum absolute atomic E-state index is 12.6. The zero-order chi connectivity index (χ0) is 18.1. The number of azide groups is 1. The first kappa shape index (κ1) is 16.6. The lowest BCUT2D eigenvalue weighted by Crippen LogP contribution is -2.48. The van der Waals surface area contributed by atoms with Crippen LogP contribution in [0.4, 0.5) is 5.69 Å². The Labute approximate surface area is 150 Å². The third kappa shape index (κ3) is 3.14. The number of pyridine rings is 1. The Bertz CT molecular complexity index is 943. The Morgan fingerprint density at radius 3 is 2.73 bits per heavy atom. The molecule has 132 valence electrons. The average molecular weight is 349 g/mol. The normalized spacial score (nSPS) is 21.5. The highest BCUT2D eigenvalue weighted by atomic mass is 16.1. The van der Waals surface area contributed by atoms with Gasteiger partial charge in [0.1, 0.15) is 0 Å². The van der Waals surface area contributed by atoms with Gasteiger partial charge in [-0.3, -0.25) is 14.5 Å². The van der Waals surface area contributed by atoms with E-state index in [1.54, 1.807) is 30.3 Å². The molecular formula is C19H19N5O2. The summed E-state index contributed by atoms with van der Waals surface area (Å²) in [6.45, 7) is 2.73. The monoisotopic (exact) mass is 349 g/mol. The van der Waals surface area contributed by atoms with Crippen molar-refractivity contribution in [3.63, 3.8) is 0 Å². The van der Waals surface area contributed by atoms with Crippen molar-refractivity contribution >= 4 is 11.5 Å². The highest BCUT2D eigenvalue weighted by molar-refractivity contribution is 5.97. The van der Waals surface area contributed by atoms with E-state index in [-0.39, 0.29) is 11.3 Å². The first-order valence-corrected chi connectivity index (χ1v) is 8.74. The van der Waals surface area contributed by atoms with Gasteiger partial charge in [-0.1, -0.05) is 35.4 Å². The van der Waals surface area contributed by atoms with Crippen LogP contribution in [0.3, 0.4) is 0 Å². The van der Waals surface area contributed by atoms with Gasteiger partial charge in [0.15, 0.2) is 5.78 Å². The van der Waals surface area contributed by atoms with E-state index in [0.717, 1.165) is 31.7 Å². The molecule has 1 aromatic heterocycles. The van der Waals surface area contributed by atoms with Gasteiger partial charge in [0.2, 0.25) is 0 Å². The van der Waals surface area contributed by atoms with Crippen LogP contribution < -0.4 is 5.56 Å². The predicted octanol–water partition coefficient (Wildman–Crippen LogP) is 3.09. The molecule has 7 heteroatoms. The number of likely N-dealkylation sites (tertiary alicyclic amines) is 1. The van der Waals surface area contributed by atoms with Gasteiger partial charge >= 0.3 is 0 Å². The molecule has 2 aliphatic heterocycles. The van der Waals surface area contributed by atoms with Crippen molar-refractivity contribution in [1.82, 2.24) is 9.47 Å². The number of carbonyl (C=O) groups excluding carboxylic acids is 1. The summed E-state index contributed by atoms with van der Waals surface area (Å²) in [7, 11) is 0. The fourth-order valence-electron chi connectivity index (χ4n) is 4.18. The molecule has 0 aliphatic carbocycles. The average Bonchev–Trinajstić information content (AvgIpc) is 2.63. The van der Waals surface area contributed by atoms with E-state index >= 15 is 0 Å². The number of hydrogen-bond acceptors (Lipinski definition) is 4. The number of piperidine rings is 1. The van der Waals surface area contributed by atoms with Crippen molar-refractivity contribution in [3.8, 4) is 0 Å². The molecule has 3 heterocycles. The maximum atomic E-state index is 12.6. The van der Waals surface area contributed by atoms with Crippen LogP contribution in [0.2, 0.25) is 0 Å². The van der Waals surface area contributed by atoms with Gasteiger partial charge in [-0.15, -0.1) is 0 Å². The van der Waals surface area contributed by atoms with Crippen molar-refractivity contribution in [2.24, 2.45) is 11.0 Å². The number of carbonyl (C=O) groups is 1. The van der Waals surface area contributed by atoms with E-state index in [2.05, 4.69) is 14.9 Å². The Morgan fingerprint density at radius 2 is 1.96 bits per heavy atom. The number of hydrogen-bond donors (Lipinski definition) is 0. The standard InChI is InChI=1S/C19H19N5O2/c20-22-21-16-6-4-14(5-7-16)18(25)12-23-9-13-8-15(11-23)17-2-1-3-19(26)24(17)10-13/h1-7,13,15H,8-12H2/t13-,15+/m0/s1. The third-order valence-corrected chi connectivity index (χ3v) is 5.27. The largest absolute Gasteiger partial charge is 0.312 e. The topological polar surface area (TPSA) is 91.1 Å². The molecule has 0 saturated carbocycles. The zero-order valence-electron chi connectivity index (χ0n) is 14.3. The molecule has 1 fully saturated rings. The summed E-state index contributed by atoms with van der Waals surface area (Å²) in [6.07, 6.45) is 1.08. The Morgan fingerprint density at radius 1 is 1.15 bits per heavy atom. The third-order valence-electron chi connectivity index (χ3n) is 5.27. The summed E-state index contributed by atoms with van der Waals surface area (Å²) in [5, 5.41) is 3.52. The minimum absolute atomic E-state index is 0.0583. The van der Waals surface area contributed by atoms with Crippen molar-refractivity contribution in [2.45, 2.75) is 18.9 Å². The van der Waals surface area contributed by atoms with E-state index in [0.29, 0.717) is 29.6 Å². The van der Waals surface area contributed by atoms with Gasteiger partial charge in [0.25, 0.3) is 5.56 Å². The van der Waals surface area contributed by atoms with Crippen LogP contribution in [0.5, 0.6) is 0 Å². The number of fused-ring (bicyclic) bond motifs is 4. The highest BCUT2D eigenvalue weighted by Crippen LogP contribution is 2.34. The van der Waals surface area contributed by atoms with Crippen molar-refractivity contribution in [3.05, 3.63) is 74.5 Å². The highest BCUT2D eigenvalue weighted by Gasteiger charge is 2.34. The van der Waals surface area contributed by atoms with Gasteiger partial charge in [-0.2, -0.15) is 0 Å². The summed E-state index contributed by atoms with van der Waals surface area (Å²) < 4.78 is 1.90. The molecule has 0 radical (unpaired) electrons. The Hall–Kier alpha value is -2.89. The smallest absolute Gasteiger partial charge is 0.250 e. The molecular weight excluding hydrogens is 330 g/mol. The van der Waals surface area contributed by atoms with Gasteiger partial charge in [-0.25, -0.2) is 0 Å². The van der Waals surface area contributed by atoms with Gasteiger partial charge in [-0.05, 0) is 23.9 Å². The molecule has 1 aromatic carbocycles. The minimum atomic E-state index is 0.0583. The first-order chi connectivity index (χ1) is 12.6. The number of ketones is 1. The van der Waals surface area contributed by atoms with Crippen LogP contribution in [0.25, 0.3) is 10.4 Å². The molecule has 0 amide bonds. The fourth-order valence-corrected chi connectivity index (χ4v) is 4.18. The second-order valence-electron chi connectivity index (χ2n) is 7.05. The van der Waals surface area contributed by atoms with Gasteiger partial charge in [0, 0.05) is 53.5 Å². The summed E-state index contributed by atoms with van der Waals surface area (Å²) in [4.78, 5) is 29.6. The van der Waals surface area contributed by atoms with Crippen LogP contribution in [-0.2, 0) is 6.54 Å². The van der Waals surface area contributed by atoms with E-state index in [1.807, 2.05) is 16.7 Å². The van der Waals surface area contributed by atoms with Crippen molar-refractivity contribution in [2.75, 3.05) is 19.6 Å². The predicted molar refractivity (Wildman–Crippen MR) is 97.6 cm³/mol. The first-order valence-electron chi connectivity index (χ1n) is 8.74. The maximum Gasteiger partial charge on any atom is 0.250 e. The minimum Gasteiger partial charge on any atom is -0.312 e. The van der Waals surface area contributed by atoms with Gasteiger partial charge < -0.3 is 4.57 Å². The second-order valence-corrected chi connectivity index (χ2v) is 7.05. The molecule has 2 aliphatic rings. The zero-order valence-corrected chi connectivity index (χ0v) is 14.3. The lowest BCUT2D eigenvalue weighted by molar-refractivity contribution is 0.0817. The molecule has 0 spiro atoms. The van der Waals surface area contributed by atoms with Crippen LogP contribution >= 0.6 is 0 Å². The summed E-state index contributed by atoms with van der Waals surface area (Å²) in [5.74, 6) is 0.765. The molecule has 0 unspecified atom stereocenters. The number of aromatic nitrogens is 1. The summed E-state index contributed by atoms with van der Waals surface area (Å²) in [6, 6.07) is 12.2. The van der Waals surface area contributed by atoms with Crippen LogP contribution in [0, 0.1) is 5.92 Å². The van der Waals surface area contributed by atoms with Crippen LogP contribution in [-0.4, -0.2) is 34.9 Å². The van der Waals surface area contributed by atoms with E-state index in [9.17, 15) is 9.59 Å². The SMILES string of the molecule is [N-]=[N+]=Nc1ccc(C(=O)CN2C[C@@H]3C[C@H](C2)c2cccc(=O)n2C3)cc1. The number of nitrogens with zero attached hydrogens (tertiary/aromatic N) is 5. The number of benzene rings is 1. The molecule has 7 nitrogen and oxygen atoms in total. The molecule has 2 aromatic rings. The van der Waals surface area contributed by atoms with Gasteiger partial charge in [0.05, 0.1) is 6.54 Å². The molecule has 26 heavy (non-hydrogen) atoms.